The van der Waals surface area contributed by atoms with Crippen LogP contribution in [-0.2, 0) is 14.3 Å². The Morgan fingerprint density at radius 3 is 2.75 bits per heavy atom. The molecule has 0 heterocycles. The van der Waals surface area contributed by atoms with Gasteiger partial charge in [-0.2, -0.15) is 0 Å². The summed E-state index contributed by atoms with van der Waals surface area (Å²) in [6, 6.07) is 0. The van der Waals surface area contributed by atoms with Gasteiger partial charge < -0.3 is 9.47 Å². The van der Waals surface area contributed by atoms with Gasteiger partial charge in [-0.3, -0.25) is 0 Å². The minimum atomic E-state index is -0.269. The lowest BCUT2D eigenvalue weighted by Crippen LogP contribution is -2.09. The quantitative estimate of drug-likeness (QED) is 0.460. The number of methoxy groups -OCH3 is 1. The molecule has 0 radical (unpaired) electrons. The molecule has 3 heteroatoms. The van der Waals surface area contributed by atoms with E-state index < -0.39 is 0 Å². The third-order valence-electron chi connectivity index (χ3n) is 1.69. The van der Waals surface area contributed by atoms with Crippen LogP contribution in [0, 0.1) is 0 Å². The molecule has 0 aromatic heterocycles. The van der Waals surface area contributed by atoms with Gasteiger partial charge in [0.15, 0.2) is 0 Å². The number of esters is 1. The summed E-state index contributed by atoms with van der Waals surface area (Å²) in [4.78, 5) is 11.1. The molecule has 1 saturated carbocycles. The van der Waals surface area contributed by atoms with Crippen molar-refractivity contribution in [3.8, 4) is 0 Å². The van der Waals surface area contributed by atoms with Gasteiger partial charge in [0.25, 0.3) is 0 Å². The highest BCUT2D eigenvalue weighted by Gasteiger charge is 2.26. The minimum Gasteiger partial charge on any atom is -0.459 e. The van der Waals surface area contributed by atoms with E-state index in [0.29, 0.717) is 18.6 Å². The highest BCUT2D eigenvalue weighted by Crippen LogP contribution is 2.24. The maximum Gasteiger partial charge on any atom is 0.333 e. The standard InChI is InChI=1S/C9H14O3/c1-7(5-6-11-2)9(10)12-8-3-4-8/h8H,1,3-6H2,2H3. The Morgan fingerprint density at radius 2 is 2.25 bits per heavy atom. The van der Waals surface area contributed by atoms with Gasteiger partial charge in [0, 0.05) is 19.1 Å². The fraction of sp³-hybridized carbons (Fsp3) is 0.667. The average Bonchev–Trinajstić information content (AvgIpc) is 2.83. The Hall–Kier alpha value is -0.830. The van der Waals surface area contributed by atoms with E-state index in [1.54, 1.807) is 7.11 Å². The SMILES string of the molecule is C=C(CCOC)C(=O)OC1CC1. The molecule has 0 spiro atoms. The van der Waals surface area contributed by atoms with Crippen LogP contribution in [0.2, 0.25) is 0 Å². The van der Waals surface area contributed by atoms with E-state index in [4.69, 9.17) is 9.47 Å². The van der Waals surface area contributed by atoms with E-state index in [-0.39, 0.29) is 12.1 Å². The predicted molar refractivity (Wildman–Crippen MR) is 44.7 cm³/mol. The summed E-state index contributed by atoms with van der Waals surface area (Å²) in [5, 5.41) is 0. The molecule has 3 nitrogen and oxygen atoms in total. The molecule has 0 aromatic carbocycles. The molecular weight excluding hydrogens is 156 g/mol. The first-order valence-electron chi connectivity index (χ1n) is 4.11. The average molecular weight is 170 g/mol. The Morgan fingerprint density at radius 1 is 1.58 bits per heavy atom. The first-order chi connectivity index (χ1) is 5.74. The maximum atomic E-state index is 11.1. The molecule has 1 aliphatic carbocycles. The lowest BCUT2D eigenvalue weighted by molar-refractivity contribution is -0.140. The second-order valence-electron chi connectivity index (χ2n) is 2.95. The van der Waals surface area contributed by atoms with Gasteiger partial charge in [-0.25, -0.2) is 4.79 Å². The lowest BCUT2D eigenvalue weighted by Gasteiger charge is -2.04. The second-order valence-corrected chi connectivity index (χ2v) is 2.95. The Bertz CT molecular complexity index is 182. The molecule has 0 amide bonds. The molecule has 0 aliphatic heterocycles. The highest BCUT2D eigenvalue weighted by molar-refractivity contribution is 5.87. The Kier molecular flexibility index (Phi) is 3.29. The van der Waals surface area contributed by atoms with E-state index in [9.17, 15) is 4.79 Å². The number of ether oxygens (including phenoxy) is 2. The third-order valence-corrected chi connectivity index (χ3v) is 1.69. The molecule has 68 valence electrons. The normalized spacial score (nSPS) is 15.8. The molecule has 1 fully saturated rings. The predicted octanol–water partition coefficient (Wildman–Crippen LogP) is 1.28. The summed E-state index contributed by atoms with van der Waals surface area (Å²) in [6.45, 7) is 4.14. The largest absolute Gasteiger partial charge is 0.459 e. The zero-order valence-electron chi connectivity index (χ0n) is 7.34. The molecule has 0 atom stereocenters. The molecule has 1 aliphatic rings. The maximum absolute atomic E-state index is 11.1. The van der Waals surface area contributed by atoms with Crippen molar-refractivity contribution in [3.63, 3.8) is 0 Å². The molecule has 0 N–H and O–H groups in total. The van der Waals surface area contributed by atoms with Gasteiger partial charge in [-0.05, 0) is 12.8 Å². The third kappa shape index (κ3) is 3.05. The molecular formula is C9H14O3. The van der Waals surface area contributed by atoms with Crippen molar-refractivity contribution >= 4 is 5.97 Å². The summed E-state index contributed by atoms with van der Waals surface area (Å²) >= 11 is 0. The van der Waals surface area contributed by atoms with Crippen molar-refractivity contribution in [2.24, 2.45) is 0 Å². The molecule has 0 saturated heterocycles. The zero-order chi connectivity index (χ0) is 8.97. The van der Waals surface area contributed by atoms with Gasteiger partial charge in [-0.1, -0.05) is 6.58 Å². The van der Waals surface area contributed by atoms with Crippen molar-refractivity contribution < 1.29 is 14.3 Å². The molecule has 0 bridgehead atoms. The van der Waals surface area contributed by atoms with Crippen molar-refractivity contribution in [2.75, 3.05) is 13.7 Å². The van der Waals surface area contributed by atoms with Crippen LogP contribution >= 0.6 is 0 Å². The van der Waals surface area contributed by atoms with Crippen molar-refractivity contribution in [1.82, 2.24) is 0 Å². The lowest BCUT2D eigenvalue weighted by atomic mass is 10.2. The van der Waals surface area contributed by atoms with Gasteiger partial charge in [0.1, 0.15) is 6.10 Å². The molecule has 1 rings (SSSR count). The zero-order valence-corrected chi connectivity index (χ0v) is 7.34. The van der Waals surface area contributed by atoms with Gasteiger partial charge in [0.05, 0.1) is 6.61 Å². The van der Waals surface area contributed by atoms with Crippen LogP contribution in [0.25, 0.3) is 0 Å². The number of rotatable bonds is 5. The number of hydrogen-bond donors (Lipinski definition) is 0. The van der Waals surface area contributed by atoms with Crippen LogP contribution in [0.4, 0.5) is 0 Å². The van der Waals surface area contributed by atoms with Crippen molar-refractivity contribution in [1.29, 1.82) is 0 Å². The van der Waals surface area contributed by atoms with E-state index in [1.807, 2.05) is 0 Å². The van der Waals surface area contributed by atoms with Crippen LogP contribution in [0.5, 0.6) is 0 Å². The Balaban J connectivity index is 2.15. The first kappa shape index (κ1) is 9.26. The number of hydrogen-bond acceptors (Lipinski definition) is 3. The molecule has 0 unspecified atom stereocenters. The van der Waals surface area contributed by atoms with Crippen LogP contribution in [0.15, 0.2) is 12.2 Å². The summed E-state index contributed by atoms with van der Waals surface area (Å²) < 4.78 is 9.84. The monoisotopic (exact) mass is 170 g/mol. The molecule has 12 heavy (non-hydrogen) atoms. The van der Waals surface area contributed by atoms with E-state index >= 15 is 0 Å². The van der Waals surface area contributed by atoms with Crippen LogP contribution in [-0.4, -0.2) is 25.8 Å². The topological polar surface area (TPSA) is 35.5 Å². The van der Waals surface area contributed by atoms with Gasteiger partial charge in [-0.15, -0.1) is 0 Å². The highest BCUT2D eigenvalue weighted by atomic mass is 16.5. The van der Waals surface area contributed by atoms with Gasteiger partial charge in [0.2, 0.25) is 0 Å². The van der Waals surface area contributed by atoms with Crippen LogP contribution < -0.4 is 0 Å². The minimum absolute atomic E-state index is 0.164. The first-order valence-corrected chi connectivity index (χ1v) is 4.11. The number of carbonyl (C=O) groups is 1. The summed E-state index contributed by atoms with van der Waals surface area (Å²) in [6.07, 6.45) is 2.73. The Labute approximate surface area is 72.4 Å². The number of carbonyl (C=O) groups excluding carboxylic acids is 1. The van der Waals surface area contributed by atoms with E-state index in [1.165, 1.54) is 0 Å². The van der Waals surface area contributed by atoms with E-state index in [0.717, 1.165) is 12.8 Å². The smallest absolute Gasteiger partial charge is 0.333 e. The van der Waals surface area contributed by atoms with Crippen molar-refractivity contribution in [3.05, 3.63) is 12.2 Å². The summed E-state index contributed by atoms with van der Waals surface area (Å²) in [5.74, 6) is -0.269. The van der Waals surface area contributed by atoms with Crippen LogP contribution in [0.3, 0.4) is 0 Å². The van der Waals surface area contributed by atoms with Crippen molar-refractivity contribution in [2.45, 2.75) is 25.4 Å². The van der Waals surface area contributed by atoms with Gasteiger partial charge >= 0.3 is 5.97 Å². The van der Waals surface area contributed by atoms with E-state index in [2.05, 4.69) is 6.58 Å². The fourth-order valence-corrected chi connectivity index (χ4v) is 0.748. The summed E-state index contributed by atoms with van der Waals surface area (Å²) in [7, 11) is 1.60. The fourth-order valence-electron chi connectivity index (χ4n) is 0.748. The molecule has 0 aromatic rings. The second kappa shape index (κ2) is 4.26. The van der Waals surface area contributed by atoms with Crippen LogP contribution in [0.1, 0.15) is 19.3 Å². The summed E-state index contributed by atoms with van der Waals surface area (Å²) in [5.41, 5.74) is 0.503.